The molecule has 3 heteroatoms. The third-order valence-corrected chi connectivity index (χ3v) is 4.98. The summed E-state index contributed by atoms with van der Waals surface area (Å²) in [5.41, 5.74) is 0. The molecule has 0 unspecified atom stereocenters. The zero-order valence-corrected chi connectivity index (χ0v) is 10.0. The van der Waals surface area contributed by atoms with Gasteiger partial charge in [0, 0.05) is 0 Å². The molecular formula is C10H7ClSSe. The monoisotopic (exact) mass is 274 g/mol. The molecule has 0 saturated heterocycles. The topological polar surface area (TPSA) is 0 Å². The number of rotatable bonds is 2. The number of hydrogen-bond donors (Lipinski definition) is 0. The van der Waals surface area contributed by atoms with Crippen LogP contribution in [0.2, 0.25) is 5.02 Å². The van der Waals surface area contributed by atoms with E-state index in [1.54, 1.807) is 0 Å². The van der Waals surface area contributed by atoms with Crippen molar-refractivity contribution in [1.29, 1.82) is 0 Å². The van der Waals surface area contributed by atoms with Crippen molar-refractivity contribution in [1.82, 2.24) is 0 Å². The average molecular weight is 274 g/mol. The minimum absolute atomic E-state index is 0.535. The summed E-state index contributed by atoms with van der Waals surface area (Å²) in [6.45, 7) is 0. The Morgan fingerprint density at radius 2 is 2.08 bits per heavy atom. The molecule has 1 aromatic heterocycles. The van der Waals surface area contributed by atoms with Crippen molar-refractivity contribution < 1.29 is 0 Å². The van der Waals surface area contributed by atoms with Gasteiger partial charge in [0.15, 0.2) is 0 Å². The van der Waals surface area contributed by atoms with Gasteiger partial charge in [-0.1, -0.05) is 0 Å². The minimum atomic E-state index is 0.535. The first-order valence-electron chi connectivity index (χ1n) is 3.81. The molecule has 66 valence electrons. The Morgan fingerprint density at radius 1 is 1.15 bits per heavy atom. The second kappa shape index (κ2) is 4.38. The molecule has 0 aliphatic heterocycles. The van der Waals surface area contributed by atoms with Crippen molar-refractivity contribution in [3.8, 4) is 0 Å². The number of halogens is 1. The zero-order valence-electron chi connectivity index (χ0n) is 6.74. The summed E-state index contributed by atoms with van der Waals surface area (Å²) in [6, 6.07) is 12.3. The number of hydrogen-bond acceptors (Lipinski definition) is 1. The molecule has 0 aliphatic rings. The summed E-state index contributed by atoms with van der Waals surface area (Å²) in [6.07, 6.45) is 0. The van der Waals surface area contributed by atoms with Crippen molar-refractivity contribution in [3.63, 3.8) is 0 Å². The molecule has 2 aromatic rings. The summed E-state index contributed by atoms with van der Waals surface area (Å²) in [5, 5.41) is 0.809. The van der Waals surface area contributed by atoms with Gasteiger partial charge in [0.05, 0.1) is 0 Å². The first-order valence-corrected chi connectivity index (χ1v) is 6.85. The first-order chi connectivity index (χ1) is 6.34. The van der Waals surface area contributed by atoms with Crippen LogP contribution in [0.25, 0.3) is 0 Å². The molecule has 0 bridgehead atoms. The Morgan fingerprint density at radius 3 is 2.77 bits per heavy atom. The van der Waals surface area contributed by atoms with Gasteiger partial charge in [-0.3, -0.25) is 0 Å². The quantitative estimate of drug-likeness (QED) is 0.754. The van der Waals surface area contributed by atoms with E-state index in [-0.39, 0.29) is 0 Å². The molecule has 0 atom stereocenters. The standard InChI is InChI=1S/C10H7ClSSe/c11-8-3-1-4-9(7-8)12-10-5-2-6-13-10/h1-7H. The van der Waals surface area contributed by atoms with E-state index in [0.717, 1.165) is 5.02 Å². The van der Waals surface area contributed by atoms with E-state index >= 15 is 0 Å². The van der Waals surface area contributed by atoms with Crippen LogP contribution in [0.3, 0.4) is 0 Å². The molecule has 0 nitrogen and oxygen atoms in total. The van der Waals surface area contributed by atoms with Gasteiger partial charge in [-0.05, 0) is 0 Å². The van der Waals surface area contributed by atoms with E-state index < -0.39 is 0 Å². The fourth-order valence-corrected chi connectivity index (χ4v) is 4.12. The maximum atomic E-state index is 5.89. The van der Waals surface area contributed by atoms with E-state index in [1.165, 1.54) is 8.66 Å². The fraction of sp³-hybridized carbons (Fsp3) is 0. The van der Waals surface area contributed by atoms with Crippen LogP contribution in [0.5, 0.6) is 0 Å². The van der Waals surface area contributed by atoms with Crippen molar-refractivity contribution in [2.75, 3.05) is 0 Å². The SMILES string of the molecule is Clc1cccc(Sc2ccc[se]2)c1. The first kappa shape index (κ1) is 9.42. The Labute approximate surface area is 92.7 Å². The van der Waals surface area contributed by atoms with E-state index in [0.29, 0.717) is 14.5 Å². The predicted octanol–water partition coefficient (Wildman–Crippen LogP) is 3.55. The Bertz CT molecular complexity index is 384. The maximum absolute atomic E-state index is 5.89. The average Bonchev–Trinajstić information content (AvgIpc) is 2.57. The van der Waals surface area contributed by atoms with Gasteiger partial charge in [-0.2, -0.15) is 0 Å². The second-order valence-corrected chi connectivity index (χ2v) is 6.61. The molecule has 0 aliphatic carbocycles. The van der Waals surface area contributed by atoms with Gasteiger partial charge in [0.1, 0.15) is 0 Å². The Balaban J connectivity index is 2.19. The molecule has 1 heterocycles. The van der Waals surface area contributed by atoms with Gasteiger partial charge in [0.25, 0.3) is 0 Å². The van der Waals surface area contributed by atoms with Crippen molar-refractivity contribution in [2.45, 2.75) is 8.66 Å². The molecule has 0 N–H and O–H groups in total. The van der Waals surface area contributed by atoms with Crippen LogP contribution in [0.1, 0.15) is 0 Å². The predicted molar refractivity (Wildman–Crippen MR) is 59.0 cm³/mol. The van der Waals surface area contributed by atoms with Gasteiger partial charge in [-0.15, -0.1) is 0 Å². The van der Waals surface area contributed by atoms with E-state index in [1.807, 2.05) is 30.0 Å². The molecule has 2 rings (SSSR count). The van der Waals surface area contributed by atoms with Crippen molar-refractivity contribution >= 4 is 37.9 Å². The van der Waals surface area contributed by atoms with Crippen LogP contribution in [0, 0.1) is 0 Å². The summed E-state index contributed by atoms with van der Waals surface area (Å²) in [5.74, 6) is 0. The summed E-state index contributed by atoms with van der Waals surface area (Å²) < 4.78 is 1.44. The van der Waals surface area contributed by atoms with Crippen LogP contribution >= 0.6 is 23.4 Å². The molecule has 0 spiro atoms. The van der Waals surface area contributed by atoms with Crippen LogP contribution in [0.15, 0.2) is 50.0 Å². The summed E-state index contributed by atoms with van der Waals surface area (Å²) >= 11 is 8.23. The Kier molecular flexibility index (Phi) is 3.18. The third kappa shape index (κ3) is 2.65. The normalized spacial score (nSPS) is 10.2. The van der Waals surface area contributed by atoms with Crippen molar-refractivity contribution in [2.24, 2.45) is 0 Å². The molecule has 0 amide bonds. The fourth-order valence-electron chi connectivity index (χ4n) is 0.968. The van der Waals surface area contributed by atoms with E-state index in [4.69, 9.17) is 11.6 Å². The van der Waals surface area contributed by atoms with Gasteiger partial charge in [-0.25, -0.2) is 0 Å². The summed E-state index contributed by atoms with van der Waals surface area (Å²) in [7, 11) is 0. The molecule has 0 saturated carbocycles. The molecule has 1 aromatic carbocycles. The van der Waals surface area contributed by atoms with Gasteiger partial charge >= 0.3 is 92.9 Å². The van der Waals surface area contributed by atoms with Gasteiger partial charge < -0.3 is 0 Å². The molecule has 0 radical (unpaired) electrons. The molecular weight excluding hydrogens is 267 g/mol. The molecule has 13 heavy (non-hydrogen) atoms. The third-order valence-electron chi connectivity index (χ3n) is 1.51. The molecule has 0 fully saturated rings. The second-order valence-electron chi connectivity index (χ2n) is 2.49. The van der Waals surface area contributed by atoms with Crippen LogP contribution < -0.4 is 0 Å². The van der Waals surface area contributed by atoms with Crippen molar-refractivity contribution in [3.05, 3.63) is 46.4 Å². The van der Waals surface area contributed by atoms with E-state index in [9.17, 15) is 0 Å². The van der Waals surface area contributed by atoms with Crippen LogP contribution in [-0.2, 0) is 0 Å². The zero-order chi connectivity index (χ0) is 9.10. The van der Waals surface area contributed by atoms with E-state index in [2.05, 4.69) is 23.1 Å². The summed E-state index contributed by atoms with van der Waals surface area (Å²) in [4.78, 5) is 3.45. The number of benzene rings is 1. The van der Waals surface area contributed by atoms with Gasteiger partial charge in [0.2, 0.25) is 0 Å². The van der Waals surface area contributed by atoms with Crippen LogP contribution in [-0.4, -0.2) is 14.5 Å². The van der Waals surface area contributed by atoms with Crippen LogP contribution in [0.4, 0.5) is 0 Å². The Hall–Kier alpha value is -0.141.